The number of benzene rings is 2. The molecule has 11 nitrogen and oxygen atoms in total. The third kappa shape index (κ3) is 6.11. The summed E-state index contributed by atoms with van der Waals surface area (Å²) in [5, 5.41) is 23.0. The lowest BCUT2D eigenvalue weighted by Gasteiger charge is -2.28. The first-order valence-corrected chi connectivity index (χ1v) is 11.5. The van der Waals surface area contributed by atoms with Gasteiger partial charge in [0.15, 0.2) is 5.78 Å². The van der Waals surface area contributed by atoms with Gasteiger partial charge in [-0.25, -0.2) is 0 Å². The lowest BCUT2D eigenvalue weighted by atomic mass is 9.91. The molecule has 2 aromatic carbocycles. The summed E-state index contributed by atoms with van der Waals surface area (Å²) < 4.78 is 0. The lowest BCUT2D eigenvalue weighted by molar-refractivity contribution is -0.384. The number of nitro benzene ring substituents is 1. The molecule has 0 radical (unpaired) electrons. The Kier molecular flexibility index (Phi) is 8.49. The summed E-state index contributed by atoms with van der Waals surface area (Å²) in [7, 11) is 0. The molecule has 3 rings (SSSR count). The molecule has 1 fully saturated rings. The number of Topliss-reactive ketones (excluding diaryl/α,β-unsaturated/α-hetero) is 1. The van der Waals surface area contributed by atoms with Gasteiger partial charge in [0.05, 0.1) is 17.0 Å². The number of nitrogens with one attached hydrogen (secondary N) is 1. The quantitative estimate of drug-likeness (QED) is 0.251. The molecule has 4 N–H and O–H groups in total. The molecule has 1 heterocycles. The Morgan fingerprint density at radius 2 is 1.78 bits per heavy atom. The van der Waals surface area contributed by atoms with E-state index in [1.807, 2.05) is 30.3 Å². The Balaban J connectivity index is 1.66. The topological polar surface area (TPSA) is 173 Å². The normalized spacial score (nSPS) is 17.6. The van der Waals surface area contributed by atoms with E-state index >= 15 is 0 Å². The fourth-order valence-corrected chi connectivity index (χ4v) is 4.32. The molecule has 1 aliphatic rings. The number of likely N-dealkylation sites (tertiary alicyclic amines) is 1. The van der Waals surface area contributed by atoms with Crippen LogP contribution in [0.25, 0.3) is 0 Å². The highest BCUT2D eigenvalue weighted by Gasteiger charge is 2.38. The van der Waals surface area contributed by atoms with Crippen LogP contribution < -0.4 is 11.1 Å². The summed E-state index contributed by atoms with van der Waals surface area (Å²) in [4.78, 5) is 62.4. The highest BCUT2D eigenvalue weighted by Crippen LogP contribution is 2.23. The number of ketones is 1. The van der Waals surface area contributed by atoms with Gasteiger partial charge < -0.3 is 21.1 Å². The van der Waals surface area contributed by atoms with E-state index in [-0.39, 0.29) is 17.2 Å². The average molecular weight is 497 g/mol. The van der Waals surface area contributed by atoms with Gasteiger partial charge in [-0.3, -0.25) is 29.3 Å². The Hall–Kier alpha value is -4.12. The van der Waals surface area contributed by atoms with Crippen LogP contribution in [0.2, 0.25) is 0 Å². The molecule has 11 heteroatoms. The maximum absolute atomic E-state index is 13.0. The molecule has 0 aliphatic carbocycles. The molecule has 4 atom stereocenters. The van der Waals surface area contributed by atoms with E-state index < -0.39 is 46.6 Å². The summed E-state index contributed by atoms with van der Waals surface area (Å²) >= 11 is 0. The van der Waals surface area contributed by atoms with E-state index in [0.717, 1.165) is 17.7 Å². The fourth-order valence-electron chi connectivity index (χ4n) is 4.32. The zero-order valence-corrected chi connectivity index (χ0v) is 19.7. The zero-order valence-electron chi connectivity index (χ0n) is 19.7. The first-order valence-electron chi connectivity index (χ1n) is 11.5. The first-order chi connectivity index (χ1) is 17.1. The van der Waals surface area contributed by atoms with Crippen molar-refractivity contribution in [3.63, 3.8) is 0 Å². The largest absolute Gasteiger partial charge is 0.480 e. The highest BCUT2D eigenvalue weighted by atomic mass is 16.6. The van der Waals surface area contributed by atoms with Gasteiger partial charge in [-0.05, 0) is 37.3 Å². The van der Waals surface area contributed by atoms with Gasteiger partial charge in [0.25, 0.3) is 5.69 Å². The minimum atomic E-state index is -1.62. The van der Waals surface area contributed by atoms with E-state index in [0.29, 0.717) is 25.8 Å². The Morgan fingerprint density at radius 3 is 2.36 bits per heavy atom. The van der Waals surface area contributed by atoms with Gasteiger partial charge in [-0.15, -0.1) is 0 Å². The Bertz CT molecular complexity index is 1140. The van der Waals surface area contributed by atoms with E-state index in [9.17, 15) is 34.4 Å². The minimum absolute atomic E-state index is 0.0590. The van der Waals surface area contributed by atoms with Crippen molar-refractivity contribution in [3.8, 4) is 0 Å². The number of amides is 2. The fraction of sp³-hybridized carbons (Fsp3) is 0.360. The molecule has 0 spiro atoms. The summed E-state index contributed by atoms with van der Waals surface area (Å²) in [6, 6.07) is 11.1. The number of carbonyl (C=O) groups is 4. The Labute approximate surface area is 207 Å². The number of rotatable bonds is 10. The van der Waals surface area contributed by atoms with E-state index in [1.165, 1.54) is 24.0 Å². The molecule has 0 bridgehead atoms. The van der Waals surface area contributed by atoms with Crippen LogP contribution in [-0.4, -0.2) is 63.2 Å². The molecule has 2 aromatic rings. The van der Waals surface area contributed by atoms with Crippen LogP contribution >= 0.6 is 0 Å². The second kappa shape index (κ2) is 11.5. The number of carboxylic acids is 1. The number of nitrogens with zero attached hydrogens (tertiary/aromatic N) is 2. The van der Waals surface area contributed by atoms with Gasteiger partial charge in [-0.2, -0.15) is 0 Å². The van der Waals surface area contributed by atoms with E-state index in [1.54, 1.807) is 0 Å². The van der Waals surface area contributed by atoms with Gasteiger partial charge >= 0.3 is 5.97 Å². The minimum Gasteiger partial charge on any atom is -0.480 e. The number of nitrogens with two attached hydrogens (primary N) is 1. The van der Waals surface area contributed by atoms with Gasteiger partial charge in [0, 0.05) is 18.7 Å². The molecule has 190 valence electrons. The van der Waals surface area contributed by atoms with Crippen molar-refractivity contribution in [2.45, 2.75) is 50.2 Å². The van der Waals surface area contributed by atoms with Crippen molar-refractivity contribution in [2.75, 3.05) is 6.54 Å². The second-order valence-electron chi connectivity index (χ2n) is 8.74. The molecule has 1 unspecified atom stereocenters. The number of non-ortho nitro benzene ring substituents is 1. The zero-order chi connectivity index (χ0) is 26.4. The third-order valence-corrected chi connectivity index (χ3v) is 6.21. The van der Waals surface area contributed by atoms with Crippen molar-refractivity contribution < 1.29 is 29.2 Å². The average Bonchev–Trinajstić information content (AvgIpc) is 3.34. The van der Waals surface area contributed by atoms with Crippen LogP contribution in [0.1, 0.15) is 36.8 Å². The van der Waals surface area contributed by atoms with Gasteiger partial charge in [0.2, 0.25) is 11.8 Å². The lowest BCUT2D eigenvalue weighted by Crippen LogP contribution is -2.54. The number of nitro groups is 1. The highest BCUT2D eigenvalue weighted by molar-refractivity contribution is 6.07. The number of hydrogen-bond acceptors (Lipinski definition) is 7. The smallest absolute Gasteiger partial charge is 0.318 e. The number of hydrogen-bond donors (Lipinski definition) is 3. The summed E-state index contributed by atoms with van der Waals surface area (Å²) in [5.74, 6) is -4.80. The van der Waals surface area contributed by atoms with Crippen LogP contribution in [0, 0.1) is 10.1 Å². The maximum Gasteiger partial charge on any atom is 0.318 e. The van der Waals surface area contributed by atoms with E-state index in [2.05, 4.69) is 5.32 Å². The first kappa shape index (κ1) is 26.5. The summed E-state index contributed by atoms with van der Waals surface area (Å²) in [6.07, 6.45) is 1.29. The van der Waals surface area contributed by atoms with Crippen molar-refractivity contribution in [3.05, 3.63) is 75.8 Å². The van der Waals surface area contributed by atoms with Crippen LogP contribution in [0.4, 0.5) is 5.69 Å². The molecule has 36 heavy (non-hydrogen) atoms. The maximum atomic E-state index is 13.0. The van der Waals surface area contributed by atoms with Crippen LogP contribution in [-0.2, 0) is 25.6 Å². The van der Waals surface area contributed by atoms with Crippen LogP contribution in [0.5, 0.6) is 0 Å². The van der Waals surface area contributed by atoms with Crippen LogP contribution in [0.15, 0.2) is 54.6 Å². The van der Waals surface area contributed by atoms with Crippen molar-refractivity contribution in [1.82, 2.24) is 10.2 Å². The SMILES string of the molecule is C[C@H](NC(=O)[C@@H]1CCCN1C(=O)[C@@H](N)Cc1ccccc1)C(=O)C(C(=O)O)c1ccc([N+](=O)[O-])cc1. The standard InChI is InChI=1S/C25H28N4O7/c1-15(22(30)21(25(33)34)17-9-11-18(12-10-17)29(35)36)27-23(31)20-8-5-13-28(20)24(32)19(26)14-16-6-3-2-4-7-16/h2-4,6-7,9-12,15,19-21H,5,8,13-14,26H2,1H3,(H,27,31)(H,33,34)/t15-,19-,20-,21?/m0/s1. The molecule has 0 saturated carbocycles. The van der Waals surface area contributed by atoms with Crippen molar-refractivity contribution in [1.29, 1.82) is 0 Å². The predicted molar refractivity (Wildman–Crippen MR) is 129 cm³/mol. The van der Waals surface area contributed by atoms with Gasteiger partial charge in [-0.1, -0.05) is 42.5 Å². The molecule has 1 aliphatic heterocycles. The monoisotopic (exact) mass is 496 g/mol. The summed E-state index contributed by atoms with van der Waals surface area (Å²) in [5.41, 5.74) is 6.83. The Morgan fingerprint density at radius 1 is 1.14 bits per heavy atom. The van der Waals surface area contributed by atoms with Crippen LogP contribution in [0.3, 0.4) is 0 Å². The number of carbonyl (C=O) groups excluding carboxylic acids is 3. The molecular weight excluding hydrogens is 468 g/mol. The van der Waals surface area contributed by atoms with Gasteiger partial charge in [0.1, 0.15) is 12.0 Å². The summed E-state index contributed by atoms with van der Waals surface area (Å²) in [6.45, 7) is 1.71. The number of aliphatic carboxylic acids is 1. The van der Waals surface area contributed by atoms with Crippen molar-refractivity contribution >= 4 is 29.3 Å². The van der Waals surface area contributed by atoms with Crippen molar-refractivity contribution in [2.24, 2.45) is 5.73 Å². The second-order valence-corrected chi connectivity index (χ2v) is 8.74. The van der Waals surface area contributed by atoms with E-state index in [4.69, 9.17) is 5.73 Å². The predicted octanol–water partition coefficient (Wildman–Crippen LogP) is 1.40. The molecule has 2 amide bonds. The molecule has 1 saturated heterocycles. The number of carboxylic acid groups (broad SMARTS) is 1. The third-order valence-electron chi connectivity index (χ3n) is 6.21. The molecule has 0 aromatic heterocycles. The molecular formula is C25H28N4O7.